The second kappa shape index (κ2) is 4.52. The van der Waals surface area contributed by atoms with Crippen molar-refractivity contribution < 1.29 is 14.7 Å². The molecule has 1 aromatic rings. The lowest BCUT2D eigenvalue weighted by Gasteiger charge is -2.36. The number of hydrogen-bond acceptors (Lipinski definition) is 2. The molecule has 0 fully saturated rings. The van der Waals surface area contributed by atoms with Crippen molar-refractivity contribution in [3.8, 4) is 0 Å². The Hall–Kier alpha value is -2.30. The van der Waals surface area contributed by atoms with Gasteiger partial charge in [0, 0.05) is 20.3 Å². The molecule has 94 valence electrons. The van der Waals surface area contributed by atoms with E-state index in [2.05, 4.69) is 0 Å². The SMILES string of the molecule is CN1C=C(C(=O)O)C(c2ccccc2)N(C)C1=O. The van der Waals surface area contributed by atoms with E-state index >= 15 is 0 Å². The van der Waals surface area contributed by atoms with Gasteiger partial charge in [0.2, 0.25) is 0 Å². The third kappa shape index (κ3) is 1.95. The van der Waals surface area contributed by atoms with Gasteiger partial charge in [-0.1, -0.05) is 30.3 Å². The molecule has 0 radical (unpaired) electrons. The van der Waals surface area contributed by atoms with E-state index in [0.717, 1.165) is 5.56 Å². The number of nitrogens with zero attached hydrogens (tertiary/aromatic N) is 2. The van der Waals surface area contributed by atoms with E-state index in [0.29, 0.717) is 0 Å². The summed E-state index contributed by atoms with van der Waals surface area (Å²) >= 11 is 0. The van der Waals surface area contributed by atoms with E-state index in [9.17, 15) is 14.7 Å². The predicted molar refractivity (Wildman–Crippen MR) is 65.8 cm³/mol. The average molecular weight is 246 g/mol. The van der Waals surface area contributed by atoms with Crippen LogP contribution in [0.3, 0.4) is 0 Å². The summed E-state index contributed by atoms with van der Waals surface area (Å²) in [4.78, 5) is 25.9. The van der Waals surface area contributed by atoms with Gasteiger partial charge in [0.05, 0.1) is 11.6 Å². The van der Waals surface area contributed by atoms with E-state index in [1.165, 1.54) is 16.0 Å². The molecule has 18 heavy (non-hydrogen) atoms. The zero-order valence-corrected chi connectivity index (χ0v) is 10.2. The van der Waals surface area contributed by atoms with Crippen LogP contribution < -0.4 is 0 Å². The molecule has 1 aliphatic heterocycles. The molecule has 1 heterocycles. The van der Waals surface area contributed by atoms with Gasteiger partial charge < -0.3 is 14.9 Å². The summed E-state index contributed by atoms with van der Waals surface area (Å²) in [5, 5.41) is 9.26. The van der Waals surface area contributed by atoms with Gasteiger partial charge in [-0.15, -0.1) is 0 Å². The van der Waals surface area contributed by atoms with E-state index < -0.39 is 12.0 Å². The number of rotatable bonds is 2. The van der Waals surface area contributed by atoms with Crippen LogP contribution in [0.5, 0.6) is 0 Å². The highest BCUT2D eigenvalue weighted by Crippen LogP contribution is 2.31. The van der Waals surface area contributed by atoms with Gasteiger partial charge in [-0.25, -0.2) is 9.59 Å². The van der Waals surface area contributed by atoms with E-state index in [1.54, 1.807) is 14.1 Å². The van der Waals surface area contributed by atoms with Crippen LogP contribution in [0, 0.1) is 0 Å². The summed E-state index contributed by atoms with van der Waals surface area (Å²) in [6, 6.07) is 8.36. The smallest absolute Gasteiger partial charge is 0.335 e. The molecule has 0 bridgehead atoms. The van der Waals surface area contributed by atoms with E-state index in [1.807, 2.05) is 30.3 Å². The summed E-state index contributed by atoms with van der Waals surface area (Å²) < 4.78 is 0. The molecule has 5 nitrogen and oxygen atoms in total. The lowest BCUT2D eigenvalue weighted by Crippen LogP contribution is -2.44. The fraction of sp³-hybridized carbons (Fsp3) is 0.231. The first-order chi connectivity index (χ1) is 8.52. The molecule has 1 aliphatic rings. The molecule has 2 amide bonds. The third-order valence-electron chi connectivity index (χ3n) is 2.98. The molecule has 0 saturated carbocycles. The average Bonchev–Trinajstić information content (AvgIpc) is 2.36. The van der Waals surface area contributed by atoms with Crippen molar-refractivity contribution in [2.45, 2.75) is 6.04 Å². The Morgan fingerprint density at radius 2 is 1.83 bits per heavy atom. The van der Waals surface area contributed by atoms with Crippen LogP contribution in [-0.2, 0) is 4.79 Å². The van der Waals surface area contributed by atoms with Crippen LogP contribution in [0.25, 0.3) is 0 Å². The maximum absolute atomic E-state index is 11.9. The maximum atomic E-state index is 11.9. The number of benzene rings is 1. The molecule has 1 N–H and O–H groups in total. The van der Waals surface area contributed by atoms with E-state index in [-0.39, 0.29) is 11.6 Å². The normalized spacial score (nSPS) is 19.8. The van der Waals surface area contributed by atoms with Crippen molar-refractivity contribution in [1.82, 2.24) is 9.80 Å². The van der Waals surface area contributed by atoms with Crippen molar-refractivity contribution in [2.24, 2.45) is 0 Å². The second-order valence-corrected chi connectivity index (χ2v) is 4.21. The van der Waals surface area contributed by atoms with Crippen molar-refractivity contribution in [1.29, 1.82) is 0 Å². The molecule has 0 spiro atoms. The molecule has 5 heteroatoms. The monoisotopic (exact) mass is 246 g/mol. The molecule has 0 aromatic heterocycles. The van der Waals surface area contributed by atoms with Crippen molar-refractivity contribution >= 4 is 12.0 Å². The topological polar surface area (TPSA) is 60.9 Å². The van der Waals surface area contributed by atoms with Crippen LogP contribution in [0.15, 0.2) is 42.1 Å². The number of hydrogen-bond donors (Lipinski definition) is 1. The Balaban J connectivity index is 2.51. The number of amides is 2. The zero-order valence-electron chi connectivity index (χ0n) is 10.2. The Morgan fingerprint density at radius 1 is 1.22 bits per heavy atom. The molecular formula is C13H14N2O3. The van der Waals surface area contributed by atoms with Crippen molar-refractivity contribution in [3.05, 3.63) is 47.7 Å². The first-order valence-electron chi connectivity index (χ1n) is 5.52. The van der Waals surface area contributed by atoms with Crippen LogP contribution in [-0.4, -0.2) is 41.0 Å². The number of carbonyl (C=O) groups excluding carboxylic acids is 1. The standard InChI is InChI=1S/C13H14N2O3/c1-14-8-10(12(16)17)11(15(2)13(14)18)9-6-4-3-5-7-9/h3-8,11H,1-2H3,(H,16,17). The fourth-order valence-corrected chi connectivity index (χ4v) is 2.11. The number of carbonyl (C=O) groups is 2. The second-order valence-electron chi connectivity index (χ2n) is 4.21. The van der Waals surface area contributed by atoms with Gasteiger partial charge in [-0.3, -0.25) is 0 Å². The molecular weight excluding hydrogens is 232 g/mol. The Labute approximate surface area is 105 Å². The highest BCUT2D eigenvalue weighted by Gasteiger charge is 2.34. The number of urea groups is 1. The first kappa shape index (κ1) is 12.2. The molecule has 1 atom stereocenters. The lowest BCUT2D eigenvalue weighted by molar-refractivity contribution is -0.133. The number of aliphatic carboxylic acids is 1. The van der Waals surface area contributed by atoms with Gasteiger partial charge in [-0.2, -0.15) is 0 Å². The van der Waals surface area contributed by atoms with Crippen LogP contribution in [0.2, 0.25) is 0 Å². The Bertz CT molecular complexity index is 510. The Kier molecular flexibility index (Phi) is 3.06. The van der Waals surface area contributed by atoms with Gasteiger partial charge in [0.15, 0.2) is 0 Å². The zero-order chi connectivity index (χ0) is 13.3. The quantitative estimate of drug-likeness (QED) is 0.863. The summed E-state index contributed by atoms with van der Waals surface area (Å²) in [7, 11) is 3.15. The highest BCUT2D eigenvalue weighted by molar-refractivity contribution is 5.92. The highest BCUT2D eigenvalue weighted by atomic mass is 16.4. The largest absolute Gasteiger partial charge is 0.478 e. The maximum Gasteiger partial charge on any atom is 0.335 e. The number of carboxylic acids is 1. The summed E-state index contributed by atoms with van der Waals surface area (Å²) in [5.41, 5.74) is 0.973. The van der Waals surface area contributed by atoms with Crippen LogP contribution in [0.1, 0.15) is 11.6 Å². The third-order valence-corrected chi connectivity index (χ3v) is 2.98. The van der Waals surface area contributed by atoms with Crippen molar-refractivity contribution in [3.63, 3.8) is 0 Å². The molecule has 2 rings (SSSR count). The van der Waals surface area contributed by atoms with Gasteiger partial charge in [0.1, 0.15) is 0 Å². The molecule has 1 aromatic carbocycles. The molecule has 0 saturated heterocycles. The minimum atomic E-state index is -1.02. The minimum Gasteiger partial charge on any atom is -0.478 e. The molecule has 1 unspecified atom stereocenters. The van der Waals surface area contributed by atoms with E-state index in [4.69, 9.17) is 0 Å². The summed E-state index contributed by atoms with van der Waals surface area (Å²) in [6.45, 7) is 0. The summed E-state index contributed by atoms with van der Waals surface area (Å²) in [6.07, 6.45) is 1.38. The Morgan fingerprint density at radius 3 is 2.39 bits per heavy atom. The summed E-state index contributed by atoms with van der Waals surface area (Å²) in [5.74, 6) is -1.02. The van der Waals surface area contributed by atoms with Crippen LogP contribution >= 0.6 is 0 Å². The van der Waals surface area contributed by atoms with Gasteiger partial charge >= 0.3 is 12.0 Å². The first-order valence-corrected chi connectivity index (χ1v) is 5.52. The fourth-order valence-electron chi connectivity index (χ4n) is 2.11. The lowest BCUT2D eigenvalue weighted by atomic mass is 9.96. The predicted octanol–water partition coefficient (Wildman–Crippen LogP) is 1.69. The number of likely N-dealkylation sites (N-methyl/N-ethyl adjacent to an activating group) is 1. The van der Waals surface area contributed by atoms with Crippen LogP contribution in [0.4, 0.5) is 4.79 Å². The van der Waals surface area contributed by atoms with Gasteiger partial charge in [0.25, 0.3) is 0 Å². The minimum absolute atomic E-state index is 0.186. The molecule has 0 aliphatic carbocycles. The number of carboxylic acid groups (broad SMARTS) is 1. The van der Waals surface area contributed by atoms with Crippen molar-refractivity contribution in [2.75, 3.05) is 14.1 Å². The van der Waals surface area contributed by atoms with Gasteiger partial charge in [-0.05, 0) is 5.56 Å².